The predicted molar refractivity (Wildman–Crippen MR) is 44.4 cm³/mol. The van der Waals surface area contributed by atoms with Crippen LogP contribution in [0.2, 0.25) is 0 Å². The lowest BCUT2D eigenvalue weighted by atomic mass is 10.5. The van der Waals surface area contributed by atoms with Crippen molar-refractivity contribution < 1.29 is 9.53 Å². The summed E-state index contributed by atoms with van der Waals surface area (Å²) < 4.78 is 4.33. The van der Waals surface area contributed by atoms with Crippen LogP contribution in [-0.4, -0.2) is 22.7 Å². The van der Waals surface area contributed by atoms with Gasteiger partial charge in [-0.3, -0.25) is 0 Å². The van der Waals surface area contributed by atoms with Crippen LogP contribution in [0.3, 0.4) is 0 Å². The number of ether oxygens (including phenoxy) is 1. The van der Waals surface area contributed by atoms with Crippen molar-refractivity contribution in [2.75, 3.05) is 6.61 Å². The van der Waals surface area contributed by atoms with E-state index in [1.165, 1.54) is 0 Å². The zero-order valence-corrected chi connectivity index (χ0v) is 6.99. The first-order valence-electron chi connectivity index (χ1n) is 3.62. The lowest BCUT2D eigenvalue weighted by Crippen LogP contribution is -2.12. The minimum atomic E-state index is -0.693. The van der Waals surface area contributed by atoms with Gasteiger partial charge in [0.1, 0.15) is 0 Å². The maximum Gasteiger partial charge on any atom is 0.404 e. The summed E-state index contributed by atoms with van der Waals surface area (Å²) in [6, 6.07) is 0. The Morgan fingerprint density at radius 2 is 2.50 bits per heavy atom. The molecule has 12 heavy (non-hydrogen) atoms. The molecule has 0 bridgehead atoms. The van der Waals surface area contributed by atoms with Crippen LogP contribution in [0.1, 0.15) is 13.3 Å². The summed E-state index contributed by atoms with van der Waals surface area (Å²) in [5, 5.41) is 0. The van der Waals surface area contributed by atoms with Crippen molar-refractivity contribution in [2.45, 2.75) is 13.3 Å². The minimum Gasteiger partial charge on any atom is -0.450 e. The van der Waals surface area contributed by atoms with E-state index in [2.05, 4.69) is 20.4 Å². The van der Waals surface area contributed by atoms with Crippen LogP contribution in [-0.2, 0) is 4.74 Å². The number of hydrogen-bond acceptors (Lipinski definition) is 3. The van der Waals surface area contributed by atoms with E-state index in [9.17, 15) is 4.79 Å². The summed E-state index contributed by atoms with van der Waals surface area (Å²) in [5.74, 6) is 0. The predicted octanol–water partition coefficient (Wildman–Crippen LogP) is 0.901. The number of nitrogens with two attached hydrogens (primary N) is 1. The molecule has 1 aromatic rings. The smallest absolute Gasteiger partial charge is 0.404 e. The van der Waals surface area contributed by atoms with Gasteiger partial charge in [-0.15, -0.1) is 0 Å². The van der Waals surface area contributed by atoms with E-state index in [0.717, 1.165) is 6.42 Å². The highest BCUT2D eigenvalue weighted by molar-refractivity contribution is 5.64. The van der Waals surface area contributed by atoms with Crippen LogP contribution in [0.15, 0.2) is 18.7 Å². The van der Waals surface area contributed by atoms with Crippen molar-refractivity contribution >= 4 is 6.09 Å². The molecule has 0 radical (unpaired) electrons. The Morgan fingerprint density at radius 3 is 2.67 bits per heavy atom. The lowest BCUT2D eigenvalue weighted by Gasteiger charge is -1.93. The highest BCUT2D eigenvalue weighted by Gasteiger charge is 1.86. The number of rotatable bonds is 2. The summed E-state index contributed by atoms with van der Waals surface area (Å²) in [4.78, 5) is 16.2. The van der Waals surface area contributed by atoms with E-state index in [1.807, 2.05) is 6.92 Å². The number of primary amides is 1. The first-order chi connectivity index (χ1) is 5.77. The van der Waals surface area contributed by atoms with Gasteiger partial charge in [-0.2, -0.15) is 0 Å². The quantitative estimate of drug-likeness (QED) is 0.693. The molecule has 0 aromatic carbocycles. The molecule has 0 fully saturated rings. The van der Waals surface area contributed by atoms with E-state index in [-0.39, 0.29) is 0 Å². The molecule has 3 N–H and O–H groups in total. The number of carbonyl (C=O) groups is 1. The van der Waals surface area contributed by atoms with Crippen molar-refractivity contribution in [3.8, 4) is 0 Å². The molecule has 0 saturated heterocycles. The number of hydrogen-bond donors (Lipinski definition) is 2. The number of aromatic nitrogens is 2. The molecule has 0 aliphatic carbocycles. The van der Waals surface area contributed by atoms with Gasteiger partial charge < -0.3 is 15.5 Å². The summed E-state index contributed by atoms with van der Waals surface area (Å²) in [7, 11) is 0. The van der Waals surface area contributed by atoms with Crippen molar-refractivity contribution in [1.82, 2.24) is 9.97 Å². The number of nitrogens with zero attached hydrogens (tertiary/aromatic N) is 1. The van der Waals surface area contributed by atoms with Crippen LogP contribution in [0.4, 0.5) is 4.79 Å². The van der Waals surface area contributed by atoms with Crippen molar-refractivity contribution in [1.29, 1.82) is 0 Å². The molecule has 0 spiro atoms. The second-order valence-corrected chi connectivity index (χ2v) is 1.93. The number of imidazole rings is 1. The maximum atomic E-state index is 9.76. The van der Waals surface area contributed by atoms with Crippen LogP contribution in [0.5, 0.6) is 0 Å². The Hall–Kier alpha value is -1.52. The maximum absolute atomic E-state index is 9.76. The molecule has 1 rings (SSSR count). The zero-order chi connectivity index (χ0) is 9.23. The van der Waals surface area contributed by atoms with Crippen LogP contribution >= 0.6 is 0 Å². The molecule has 1 heterocycles. The van der Waals surface area contributed by atoms with Gasteiger partial charge in [0.15, 0.2) is 0 Å². The van der Waals surface area contributed by atoms with Crippen molar-refractivity contribution in [3.05, 3.63) is 18.7 Å². The Labute approximate surface area is 70.9 Å². The summed E-state index contributed by atoms with van der Waals surface area (Å²) in [6.45, 7) is 2.33. The van der Waals surface area contributed by atoms with E-state index in [0.29, 0.717) is 6.61 Å². The SMILES string of the molecule is CCCOC(N)=O.c1c[nH]cn1. The number of nitrogens with one attached hydrogen (secondary N) is 1. The molecular weight excluding hydrogens is 158 g/mol. The molecule has 0 saturated carbocycles. The third-order valence-corrected chi connectivity index (χ3v) is 0.854. The van der Waals surface area contributed by atoms with E-state index < -0.39 is 6.09 Å². The molecule has 0 unspecified atom stereocenters. The fraction of sp³-hybridized carbons (Fsp3) is 0.429. The van der Waals surface area contributed by atoms with Gasteiger partial charge in [-0.05, 0) is 6.42 Å². The Bertz CT molecular complexity index is 169. The number of H-pyrrole nitrogens is 1. The fourth-order valence-corrected chi connectivity index (χ4v) is 0.418. The highest BCUT2D eigenvalue weighted by atomic mass is 16.5. The Morgan fingerprint density at radius 1 is 1.75 bits per heavy atom. The molecule has 5 nitrogen and oxygen atoms in total. The monoisotopic (exact) mass is 171 g/mol. The molecule has 1 amide bonds. The van der Waals surface area contributed by atoms with Gasteiger partial charge in [0.05, 0.1) is 12.9 Å². The lowest BCUT2D eigenvalue weighted by molar-refractivity contribution is 0.157. The molecule has 1 aromatic heterocycles. The zero-order valence-electron chi connectivity index (χ0n) is 6.99. The van der Waals surface area contributed by atoms with Gasteiger partial charge >= 0.3 is 6.09 Å². The second kappa shape index (κ2) is 7.59. The second-order valence-electron chi connectivity index (χ2n) is 1.93. The fourth-order valence-electron chi connectivity index (χ4n) is 0.418. The number of aromatic amines is 1. The van der Waals surface area contributed by atoms with Crippen LogP contribution < -0.4 is 5.73 Å². The molecule has 0 aliphatic rings. The van der Waals surface area contributed by atoms with Crippen molar-refractivity contribution in [3.63, 3.8) is 0 Å². The van der Waals surface area contributed by atoms with Crippen molar-refractivity contribution in [2.24, 2.45) is 5.73 Å². The third-order valence-electron chi connectivity index (χ3n) is 0.854. The molecule has 0 atom stereocenters. The summed E-state index contributed by atoms with van der Waals surface area (Å²) in [6.07, 6.45) is 5.21. The van der Waals surface area contributed by atoms with Gasteiger partial charge in [0.25, 0.3) is 0 Å². The first kappa shape index (κ1) is 10.5. The van der Waals surface area contributed by atoms with E-state index >= 15 is 0 Å². The largest absolute Gasteiger partial charge is 0.450 e. The van der Waals surface area contributed by atoms with Crippen LogP contribution in [0, 0.1) is 0 Å². The van der Waals surface area contributed by atoms with Gasteiger partial charge in [0, 0.05) is 12.4 Å². The first-order valence-corrected chi connectivity index (χ1v) is 3.62. The molecular formula is C7H13N3O2. The summed E-state index contributed by atoms with van der Waals surface area (Å²) >= 11 is 0. The van der Waals surface area contributed by atoms with E-state index in [1.54, 1.807) is 18.7 Å². The van der Waals surface area contributed by atoms with Crippen LogP contribution in [0.25, 0.3) is 0 Å². The minimum absolute atomic E-state index is 0.426. The van der Waals surface area contributed by atoms with Gasteiger partial charge in [0.2, 0.25) is 0 Å². The normalized spacial score (nSPS) is 8.08. The number of carbonyl (C=O) groups excluding carboxylic acids is 1. The average Bonchev–Trinajstić information content (AvgIpc) is 2.57. The Balaban J connectivity index is 0.000000211. The highest BCUT2D eigenvalue weighted by Crippen LogP contribution is 1.76. The molecule has 5 heteroatoms. The topological polar surface area (TPSA) is 81.0 Å². The van der Waals surface area contributed by atoms with Gasteiger partial charge in [-0.25, -0.2) is 9.78 Å². The van der Waals surface area contributed by atoms with E-state index in [4.69, 9.17) is 0 Å². The standard InChI is InChI=1S/C4H9NO2.C3H4N2/c1-2-3-7-4(5)6;1-2-5-3-4-1/h2-3H2,1H3,(H2,5,6);1-3H,(H,4,5). The average molecular weight is 171 g/mol. The Kier molecular flexibility index (Phi) is 6.62. The van der Waals surface area contributed by atoms with Gasteiger partial charge in [-0.1, -0.05) is 6.92 Å². The molecule has 68 valence electrons. The summed E-state index contributed by atoms with van der Waals surface area (Å²) in [5.41, 5.74) is 4.62. The third kappa shape index (κ3) is 8.48. The molecule has 0 aliphatic heterocycles. The number of amides is 1.